The minimum Gasteiger partial charge on any atom is -0.363 e. The summed E-state index contributed by atoms with van der Waals surface area (Å²) in [7, 11) is 0. The van der Waals surface area contributed by atoms with E-state index in [1.807, 2.05) is 4.90 Å². The van der Waals surface area contributed by atoms with Crippen molar-refractivity contribution in [1.82, 2.24) is 14.0 Å². The van der Waals surface area contributed by atoms with Crippen LogP contribution in [0.3, 0.4) is 0 Å². The highest BCUT2D eigenvalue weighted by atomic mass is 19.4. The van der Waals surface area contributed by atoms with Crippen LogP contribution in [0.25, 0.3) is 0 Å². The molecule has 0 saturated carbocycles. The average molecular weight is 632 g/mol. The second kappa shape index (κ2) is 12.9. The molecule has 1 atom stereocenters. The number of alkyl halides is 3. The number of anilines is 1. The second-order valence-corrected chi connectivity index (χ2v) is 11.0. The zero-order valence-corrected chi connectivity index (χ0v) is 24.3. The Bertz CT molecular complexity index is 1780. The first kappa shape index (κ1) is 32.0. The Balaban J connectivity index is 1.46. The van der Waals surface area contributed by atoms with Gasteiger partial charge in [0, 0.05) is 50.0 Å². The van der Waals surface area contributed by atoms with E-state index in [-0.39, 0.29) is 48.7 Å². The second-order valence-electron chi connectivity index (χ2n) is 11.0. The fraction of sp³-hybridized carbons (Fsp3) is 0.312. The number of hydrogen-bond acceptors (Lipinski definition) is 5. The summed E-state index contributed by atoms with van der Waals surface area (Å²) in [5, 5.41) is 0. The molecule has 0 bridgehead atoms. The quantitative estimate of drug-likeness (QED) is 0.282. The van der Waals surface area contributed by atoms with E-state index < -0.39 is 53.0 Å². The first-order chi connectivity index (χ1) is 21.3. The number of rotatable bonds is 8. The molecule has 0 spiro atoms. The Kier molecular flexibility index (Phi) is 9.21. The van der Waals surface area contributed by atoms with E-state index in [4.69, 9.17) is 5.73 Å². The zero-order chi connectivity index (χ0) is 32.5. The van der Waals surface area contributed by atoms with E-state index in [0.717, 1.165) is 33.4 Å². The Morgan fingerprint density at radius 1 is 0.800 bits per heavy atom. The van der Waals surface area contributed by atoms with E-state index in [0.29, 0.717) is 18.7 Å². The average Bonchev–Trinajstić information content (AvgIpc) is 3.00. The van der Waals surface area contributed by atoms with Gasteiger partial charge in [0.1, 0.15) is 23.1 Å². The normalized spacial score (nSPS) is 15.0. The lowest BCUT2D eigenvalue weighted by Gasteiger charge is -2.37. The van der Waals surface area contributed by atoms with E-state index in [2.05, 4.69) is 0 Å². The molecule has 2 heterocycles. The SMILES string of the molecule is Cc1c(N2CCN(Cc3ccc(F)c(C(F)(F)F)c3)CC2)c(=O)n(CC(N)c2ccccc2)c(=O)n1Cc1c(F)cccc1F. The van der Waals surface area contributed by atoms with E-state index in [1.165, 1.54) is 19.1 Å². The largest absolute Gasteiger partial charge is 0.419 e. The lowest BCUT2D eigenvalue weighted by molar-refractivity contribution is -0.140. The van der Waals surface area contributed by atoms with Gasteiger partial charge in [-0.1, -0.05) is 42.5 Å². The molecule has 4 aromatic rings. The Labute approximate surface area is 254 Å². The summed E-state index contributed by atoms with van der Waals surface area (Å²) in [6, 6.07) is 14.4. The molecule has 238 valence electrons. The minimum atomic E-state index is -4.83. The van der Waals surface area contributed by atoms with Crippen molar-refractivity contribution in [2.75, 3.05) is 31.1 Å². The zero-order valence-electron chi connectivity index (χ0n) is 24.3. The van der Waals surface area contributed by atoms with Crippen molar-refractivity contribution in [3.63, 3.8) is 0 Å². The first-order valence-electron chi connectivity index (χ1n) is 14.3. The van der Waals surface area contributed by atoms with Crippen LogP contribution in [0.5, 0.6) is 0 Å². The lowest BCUT2D eigenvalue weighted by Crippen LogP contribution is -2.51. The van der Waals surface area contributed by atoms with Gasteiger partial charge in [0.25, 0.3) is 5.56 Å². The molecule has 1 aromatic heterocycles. The predicted octanol–water partition coefficient (Wildman–Crippen LogP) is 4.83. The van der Waals surface area contributed by atoms with Crippen molar-refractivity contribution < 1.29 is 26.3 Å². The number of nitrogens with zero attached hydrogens (tertiary/aromatic N) is 4. The molecular formula is C32H31F6N5O2. The fourth-order valence-electron chi connectivity index (χ4n) is 5.62. The highest BCUT2D eigenvalue weighted by molar-refractivity contribution is 5.50. The van der Waals surface area contributed by atoms with Crippen LogP contribution in [0.2, 0.25) is 0 Å². The summed E-state index contributed by atoms with van der Waals surface area (Å²) in [5.74, 6) is -3.03. The molecule has 45 heavy (non-hydrogen) atoms. The molecule has 0 radical (unpaired) electrons. The van der Waals surface area contributed by atoms with E-state index in [9.17, 15) is 35.9 Å². The maximum atomic E-state index is 14.7. The van der Waals surface area contributed by atoms with Crippen molar-refractivity contribution in [3.05, 3.63) is 133 Å². The number of nitrogens with two attached hydrogens (primary N) is 1. The van der Waals surface area contributed by atoms with Gasteiger partial charge in [-0.2, -0.15) is 13.2 Å². The van der Waals surface area contributed by atoms with Crippen LogP contribution in [0.15, 0.2) is 76.3 Å². The highest BCUT2D eigenvalue weighted by Gasteiger charge is 2.34. The summed E-state index contributed by atoms with van der Waals surface area (Å²) in [4.78, 5) is 31.2. The van der Waals surface area contributed by atoms with E-state index >= 15 is 0 Å². The number of benzene rings is 3. The molecule has 7 nitrogen and oxygen atoms in total. The first-order valence-corrected chi connectivity index (χ1v) is 14.3. The molecule has 1 unspecified atom stereocenters. The number of piperazine rings is 1. The monoisotopic (exact) mass is 631 g/mol. The third-order valence-electron chi connectivity index (χ3n) is 8.07. The lowest BCUT2D eigenvalue weighted by atomic mass is 10.1. The van der Waals surface area contributed by atoms with Crippen molar-refractivity contribution in [2.45, 2.75) is 38.8 Å². The van der Waals surface area contributed by atoms with Gasteiger partial charge in [-0.3, -0.25) is 18.8 Å². The van der Waals surface area contributed by atoms with Crippen LogP contribution in [0.1, 0.15) is 34.0 Å². The van der Waals surface area contributed by atoms with Gasteiger partial charge in [0.05, 0.1) is 18.7 Å². The van der Waals surface area contributed by atoms with Crippen molar-refractivity contribution in [1.29, 1.82) is 0 Å². The molecule has 0 aliphatic carbocycles. The van der Waals surface area contributed by atoms with Crippen LogP contribution >= 0.6 is 0 Å². The molecule has 0 amide bonds. The molecule has 1 aliphatic heterocycles. The molecular weight excluding hydrogens is 600 g/mol. The van der Waals surface area contributed by atoms with Crippen molar-refractivity contribution in [2.24, 2.45) is 5.73 Å². The summed E-state index contributed by atoms with van der Waals surface area (Å²) in [6.45, 7) is 2.19. The molecule has 13 heteroatoms. The Morgan fingerprint density at radius 3 is 2.07 bits per heavy atom. The maximum absolute atomic E-state index is 14.7. The van der Waals surface area contributed by atoms with Crippen LogP contribution < -0.4 is 21.9 Å². The molecule has 1 fully saturated rings. The van der Waals surface area contributed by atoms with Crippen LogP contribution in [0, 0.1) is 24.4 Å². The fourth-order valence-corrected chi connectivity index (χ4v) is 5.62. The topological polar surface area (TPSA) is 76.5 Å². The third-order valence-corrected chi connectivity index (χ3v) is 8.07. The molecule has 5 rings (SSSR count). The van der Waals surface area contributed by atoms with Gasteiger partial charge in [-0.05, 0) is 42.3 Å². The highest BCUT2D eigenvalue weighted by Crippen LogP contribution is 2.32. The molecule has 2 N–H and O–H groups in total. The van der Waals surface area contributed by atoms with Crippen molar-refractivity contribution >= 4 is 5.69 Å². The Hall–Kier alpha value is -4.36. The minimum absolute atomic E-state index is 0.123. The Morgan fingerprint density at radius 2 is 1.44 bits per heavy atom. The number of aromatic nitrogens is 2. The summed E-state index contributed by atoms with van der Waals surface area (Å²) < 4.78 is 84.8. The van der Waals surface area contributed by atoms with Crippen LogP contribution in [-0.4, -0.2) is 40.2 Å². The van der Waals surface area contributed by atoms with E-state index in [1.54, 1.807) is 35.2 Å². The standard InChI is InChI=1S/C32H31F6N5O2/c1-20-29(41-14-12-40(13-15-41)17-21-10-11-27(35)24(16-21)32(36,37)38)30(44)43(19-28(39)22-6-3-2-4-7-22)31(45)42(20)18-23-25(33)8-5-9-26(23)34/h2-11,16,28H,12-15,17-19,39H2,1H3. The third kappa shape index (κ3) is 6.84. The van der Waals surface area contributed by atoms with Gasteiger partial charge < -0.3 is 10.6 Å². The van der Waals surface area contributed by atoms with Gasteiger partial charge in [-0.25, -0.2) is 18.0 Å². The summed E-state index contributed by atoms with van der Waals surface area (Å²) in [5.41, 5.74) is 4.65. The van der Waals surface area contributed by atoms with Crippen LogP contribution in [0.4, 0.5) is 32.0 Å². The predicted molar refractivity (Wildman–Crippen MR) is 157 cm³/mol. The molecule has 3 aromatic carbocycles. The molecule has 1 saturated heterocycles. The van der Waals surface area contributed by atoms with Crippen LogP contribution in [-0.2, 0) is 25.8 Å². The maximum Gasteiger partial charge on any atom is 0.419 e. The van der Waals surface area contributed by atoms with Gasteiger partial charge >= 0.3 is 11.9 Å². The smallest absolute Gasteiger partial charge is 0.363 e. The number of halogens is 6. The summed E-state index contributed by atoms with van der Waals surface area (Å²) >= 11 is 0. The van der Waals surface area contributed by atoms with Gasteiger partial charge in [0.2, 0.25) is 0 Å². The van der Waals surface area contributed by atoms with Gasteiger partial charge in [-0.15, -0.1) is 0 Å². The summed E-state index contributed by atoms with van der Waals surface area (Å²) in [6.07, 6.45) is -4.83. The molecule has 1 aliphatic rings. The van der Waals surface area contributed by atoms with Crippen molar-refractivity contribution in [3.8, 4) is 0 Å². The van der Waals surface area contributed by atoms with Gasteiger partial charge in [0.15, 0.2) is 0 Å². The number of hydrogen-bond donors (Lipinski definition) is 1.